The first-order valence-corrected chi connectivity index (χ1v) is 12.0. The zero-order valence-corrected chi connectivity index (χ0v) is 20.9. The van der Waals surface area contributed by atoms with Gasteiger partial charge in [0, 0.05) is 47.7 Å². The Kier molecular flexibility index (Phi) is 5.66. The lowest BCUT2D eigenvalue weighted by Crippen LogP contribution is -2.27. The van der Waals surface area contributed by atoms with Crippen LogP contribution in [0.5, 0.6) is 11.5 Å². The zero-order valence-electron chi connectivity index (χ0n) is 20.9. The van der Waals surface area contributed by atoms with Crippen molar-refractivity contribution in [1.29, 1.82) is 0 Å². The van der Waals surface area contributed by atoms with Gasteiger partial charge < -0.3 is 19.4 Å². The fraction of sp³-hybridized carbons (Fsp3) is 0.393. The highest BCUT2D eigenvalue weighted by Crippen LogP contribution is 2.51. The second-order valence-electron chi connectivity index (χ2n) is 10.4. The molecule has 35 heavy (non-hydrogen) atoms. The third-order valence-corrected chi connectivity index (χ3v) is 7.04. The lowest BCUT2D eigenvalue weighted by molar-refractivity contribution is -0.118. The van der Waals surface area contributed by atoms with Crippen LogP contribution in [0.15, 0.2) is 52.4 Å². The van der Waals surface area contributed by atoms with Crippen molar-refractivity contribution >= 4 is 35.1 Å². The van der Waals surface area contributed by atoms with Gasteiger partial charge in [0.2, 0.25) is 12.7 Å². The molecule has 2 aromatic carbocycles. The van der Waals surface area contributed by atoms with E-state index in [1.807, 2.05) is 24.3 Å². The molecule has 2 heterocycles. The molecule has 0 radical (unpaired) electrons. The average molecular weight is 473 g/mol. The fourth-order valence-electron chi connectivity index (χ4n) is 4.90. The normalized spacial score (nSPS) is 16.4. The summed E-state index contributed by atoms with van der Waals surface area (Å²) in [4.78, 5) is 21.6. The van der Waals surface area contributed by atoms with Crippen molar-refractivity contribution in [3.05, 3.63) is 53.7 Å². The van der Waals surface area contributed by atoms with Crippen molar-refractivity contribution in [3.8, 4) is 11.5 Å². The quantitative estimate of drug-likeness (QED) is 0.382. The summed E-state index contributed by atoms with van der Waals surface area (Å²) in [6, 6.07) is 14.2. The molecule has 1 fully saturated rings. The maximum Gasteiger partial charge on any atom is 0.235 e. The summed E-state index contributed by atoms with van der Waals surface area (Å²) in [6.45, 7) is 11.3. The Morgan fingerprint density at radius 2 is 1.89 bits per heavy atom. The molecule has 0 spiro atoms. The molecule has 7 heteroatoms. The van der Waals surface area contributed by atoms with Gasteiger partial charge in [-0.05, 0) is 61.5 Å². The van der Waals surface area contributed by atoms with Crippen molar-refractivity contribution in [3.63, 3.8) is 0 Å². The Hall–Kier alpha value is -3.61. The summed E-state index contributed by atoms with van der Waals surface area (Å²) >= 11 is 0. The summed E-state index contributed by atoms with van der Waals surface area (Å²) in [5.41, 5.74) is 3.59. The number of carbonyl (C=O) groups is 1. The Morgan fingerprint density at radius 1 is 1.11 bits per heavy atom. The van der Waals surface area contributed by atoms with E-state index in [0.29, 0.717) is 12.2 Å². The highest BCUT2D eigenvalue weighted by Gasteiger charge is 2.51. The number of aryl methyl sites for hydroxylation is 1. The van der Waals surface area contributed by atoms with Crippen LogP contribution in [-0.4, -0.2) is 36.9 Å². The minimum absolute atomic E-state index is 0.0204. The lowest BCUT2D eigenvalue weighted by Gasteiger charge is -2.22. The van der Waals surface area contributed by atoms with E-state index in [0.717, 1.165) is 53.1 Å². The Balaban J connectivity index is 1.41. The van der Waals surface area contributed by atoms with Crippen LogP contribution in [0.4, 0.5) is 5.69 Å². The number of carbonyl (C=O) groups excluding carboxylic acids is 1. The Morgan fingerprint density at radius 3 is 2.57 bits per heavy atom. The number of benzene rings is 2. The molecule has 3 aromatic rings. The number of amidine groups is 1. The highest BCUT2D eigenvalue weighted by molar-refractivity contribution is 6.02. The number of rotatable bonds is 6. The van der Waals surface area contributed by atoms with E-state index < -0.39 is 5.41 Å². The van der Waals surface area contributed by atoms with Gasteiger partial charge in [0.25, 0.3) is 0 Å². The van der Waals surface area contributed by atoms with Crippen molar-refractivity contribution in [1.82, 2.24) is 4.57 Å². The molecule has 1 aliphatic carbocycles. The van der Waals surface area contributed by atoms with Crippen molar-refractivity contribution < 1.29 is 14.3 Å². The monoisotopic (exact) mass is 472 g/mol. The van der Waals surface area contributed by atoms with E-state index in [9.17, 15) is 4.79 Å². The number of nitrogens with zero attached hydrogens (tertiary/aromatic N) is 3. The van der Waals surface area contributed by atoms with Crippen LogP contribution >= 0.6 is 0 Å². The second-order valence-corrected chi connectivity index (χ2v) is 10.4. The molecule has 1 N–H and O–H groups in total. The molecule has 7 nitrogen and oxygen atoms in total. The number of ether oxygens (including phenoxy) is 2. The molecule has 2 aliphatic rings. The number of aliphatic imine (C=N–C) groups is 2. The first-order chi connectivity index (χ1) is 16.7. The predicted octanol–water partition coefficient (Wildman–Crippen LogP) is 5.46. The third-order valence-electron chi connectivity index (χ3n) is 7.04. The summed E-state index contributed by atoms with van der Waals surface area (Å²) in [7, 11) is 1.74. The molecule has 5 rings (SSSR count). The molecule has 1 amide bonds. The molecular formula is C28H32N4O3. The molecule has 182 valence electrons. The van der Waals surface area contributed by atoms with E-state index >= 15 is 0 Å². The summed E-state index contributed by atoms with van der Waals surface area (Å²) < 4.78 is 13.3. The minimum Gasteiger partial charge on any atom is -0.454 e. The van der Waals surface area contributed by atoms with Gasteiger partial charge in [-0.1, -0.05) is 26.8 Å². The molecule has 0 unspecified atom stereocenters. The second kappa shape index (κ2) is 8.56. The van der Waals surface area contributed by atoms with E-state index in [1.165, 1.54) is 5.69 Å². The maximum atomic E-state index is 13.4. The van der Waals surface area contributed by atoms with E-state index in [2.05, 4.69) is 65.6 Å². The number of amides is 1. The molecule has 1 aliphatic heterocycles. The molecule has 1 saturated carbocycles. The number of nitrogens with one attached hydrogen (secondary N) is 1. The van der Waals surface area contributed by atoms with Crippen molar-refractivity contribution in [2.45, 2.75) is 57.4 Å². The minimum atomic E-state index is -0.508. The van der Waals surface area contributed by atoms with Crippen molar-refractivity contribution in [2.75, 3.05) is 19.2 Å². The van der Waals surface area contributed by atoms with E-state index in [-0.39, 0.29) is 18.1 Å². The maximum absolute atomic E-state index is 13.4. The molecular weight excluding hydrogens is 440 g/mol. The van der Waals surface area contributed by atoms with Crippen LogP contribution < -0.4 is 14.8 Å². The number of hydrogen-bond donors (Lipinski definition) is 1. The van der Waals surface area contributed by atoms with Gasteiger partial charge in [-0.3, -0.25) is 9.79 Å². The number of aromatic nitrogens is 1. The number of anilines is 1. The molecule has 1 aromatic heterocycles. The summed E-state index contributed by atoms with van der Waals surface area (Å²) in [6.07, 6.45) is 2.36. The van der Waals surface area contributed by atoms with Gasteiger partial charge in [0.15, 0.2) is 11.5 Å². The van der Waals surface area contributed by atoms with Gasteiger partial charge in [0.05, 0.1) is 5.41 Å². The van der Waals surface area contributed by atoms with Crippen LogP contribution in [0.3, 0.4) is 0 Å². The highest BCUT2D eigenvalue weighted by atomic mass is 16.7. The van der Waals surface area contributed by atoms with Crippen LogP contribution in [0.25, 0.3) is 10.9 Å². The number of hydrogen-bond acceptors (Lipinski definition) is 4. The van der Waals surface area contributed by atoms with Gasteiger partial charge in [-0.25, -0.2) is 4.99 Å². The molecule has 0 saturated heterocycles. The topological polar surface area (TPSA) is 77.2 Å². The zero-order chi connectivity index (χ0) is 24.8. The number of fused-ring (bicyclic) bond motifs is 2. The lowest BCUT2D eigenvalue weighted by atomic mass is 9.92. The smallest absolute Gasteiger partial charge is 0.235 e. The fourth-order valence-corrected chi connectivity index (χ4v) is 4.90. The molecule has 0 bridgehead atoms. The van der Waals surface area contributed by atoms with Crippen LogP contribution in [0.1, 0.15) is 51.3 Å². The molecule has 0 atom stereocenters. The summed E-state index contributed by atoms with van der Waals surface area (Å²) in [5.74, 6) is 2.21. The average Bonchev–Trinajstić information content (AvgIpc) is 3.36. The standard InChI is InChI=1S/C28H32N4O3/c1-27(2,3)24-15-18-14-20(7-8-21(18)32(24)13-10-25(29-4)30-5)31-26(33)28(11-12-28)19-6-9-22-23(16-19)35-17-34-22/h6-9,14-16H,4,10-13,17H2,1-3,5H3,(H,31,33). The SMILES string of the molecule is C=NC(CCn1c(C(C)(C)C)cc2cc(NC(=O)C3(c4ccc5c(c4)OCO5)CC3)ccc21)=NC. The Bertz CT molecular complexity index is 1340. The van der Waals surface area contributed by atoms with Crippen molar-refractivity contribution in [2.24, 2.45) is 9.98 Å². The van der Waals surface area contributed by atoms with Crippen LogP contribution in [0, 0.1) is 0 Å². The van der Waals surface area contributed by atoms with Gasteiger partial charge in [-0.2, -0.15) is 0 Å². The Labute approximate surface area is 205 Å². The van der Waals surface area contributed by atoms with Gasteiger partial charge in [0.1, 0.15) is 5.84 Å². The van der Waals surface area contributed by atoms with E-state index in [4.69, 9.17) is 9.47 Å². The first kappa shape index (κ1) is 23.1. The van der Waals surface area contributed by atoms with Gasteiger partial charge >= 0.3 is 0 Å². The van der Waals surface area contributed by atoms with E-state index in [1.54, 1.807) is 7.05 Å². The predicted molar refractivity (Wildman–Crippen MR) is 140 cm³/mol. The largest absolute Gasteiger partial charge is 0.454 e. The third kappa shape index (κ3) is 4.20. The first-order valence-electron chi connectivity index (χ1n) is 12.0. The summed E-state index contributed by atoms with van der Waals surface area (Å²) in [5, 5.41) is 4.28. The van der Waals surface area contributed by atoms with Crippen LogP contribution in [-0.2, 0) is 22.2 Å². The van der Waals surface area contributed by atoms with Crippen LogP contribution in [0.2, 0.25) is 0 Å². The van der Waals surface area contributed by atoms with Gasteiger partial charge in [-0.15, -0.1) is 0 Å².